The zero-order valence-corrected chi connectivity index (χ0v) is 10.7. The SMILES string of the molecule is COc1ccc(NC/C=C/Cl)c(I)c1. The lowest BCUT2D eigenvalue weighted by Gasteiger charge is -2.07. The van der Waals surface area contributed by atoms with E-state index in [9.17, 15) is 0 Å². The molecule has 0 aliphatic heterocycles. The summed E-state index contributed by atoms with van der Waals surface area (Å²) >= 11 is 7.67. The highest BCUT2D eigenvalue weighted by Crippen LogP contribution is 2.23. The van der Waals surface area contributed by atoms with Gasteiger partial charge in [-0.15, -0.1) is 0 Å². The fraction of sp³-hybridized carbons (Fsp3) is 0.200. The van der Waals surface area contributed by atoms with Gasteiger partial charge in [-0.25, -0.2) is 0 Å². The van der Waals surface area contributed by atoms with Gasteiger partial charge in [0.15, 0.2) is 0 Å². The molecule has 0 heterocycles. The normalized spacial score (nSPS) is 10.5. The summed E-state index contributed by atoms with van der Waals surface area (Å²) in [6.07, 6.45) is 1.85. The highest BCUT2D eigenvalue weighted by molar-refractivity contribution is 14.1. The van der Waals surface area contributed by atoms with Crippen LogP contribution in [0.25, 0.3) is 0 Å². The predicted molar refractivity (Wildman–Crippen MR) is 69.2 cm³/mol. The number of hydrogen-bond acceptors (Lipinski definition) is 2. The van der Waals surface area contributed by atoms with Crippen LogP contribution < -0.4 is 10.1 Å². The maximum atomic E-state index is 5.41. The van der Waals surface area contributed by atoms with E-state index in [1.54, 1.807) is 7.11 Å². The third-order valence-corrected chi connectivity index (χ3v) is 2.75. The van der Waals surface area contributed by atoms with Gasteiger partial charge in [-0.05, 0) is 40.8 Å². The zero-order valence-electron chi connectivity index (χ0n) is 7.76. The van der Waals surface area contributed by atoms with Crippen LogP contribution in [-0.4, -0.2) is 13.7 Å². The molecule has 2 nitrogen and oxygen atoms in total. The largest absolute Gasteiger partial charge is 0.497 e. The van der Waals surface area contributed by atoms with Crippen molar-refractivity contribution in [1.29, 1.82) is 0 Å². The minimum absolute atomic E-state index is 0.728. The molecule has 0 aromatic heterocycles. The number of hydrogen-bond donors (Lipinski definition) is 1. The Morgan fingerprint density at radius 1 is 1.57 bits per heavy atom. The quantitative estimate of drug-likeness (QED) is 0.857. The Labute approximate surface area is 102 Å². The van der Waals surface area contributed by atoms with Crippen LogP contribution in [0.2, 0.25) is 0 Å². The number of rotatable bonds is 4. The molecule has 0 bridgehead atoms. The van der Waals surface area contributed by atoms with E-state index in [2.05, 4.69) is 27.9 Å². The molecule has 0 amide bonds. The van der Waals surface area contributed by atoms with Crippen molar-refractivity contribution in [2.24, 2.45) is 0 Å². The average Bonchev–Trinajstić information content (AvgIpc) is 2.20. The van der Waals surface area contributed by atoms with Crippen LogP contribution in [0, 0.1) is 3.57 Å². The molecule has 76 valence electrons. The second kappa shape index (κ2) is 6.14. The molecule has 0 spiro atoms. The maximum Gasteiger partial charge on any atom is 0.120 e. The van der Waals surface area contributed by atoms with Gasteiger partial charge < -0.3 is 10.1 Å². The molecule has 0 fully saturated rings. The molecule has 0 radical (unpaired) electrons. The zero-order chi connectivity index (χ0) is 10.4. The summed E-state index contributed by atoms with van der Waals surface area (Å²) in [6.45, 7) is 0.728. The number of anilines is 1. The summed E-state index contributed by atoms with van der Waals surface area (Å²) in [5.74, 6) is 0.868. The van der Waals surface area contributed by atoms with Gasteiger partial charge in [0.2, 0.25) is 0 Å². The van der Waals surface area contributed by atoms with Gasteiger partial charge in [-0.1, -0.05) is 17.7 Å². The van der Waals surface area contributed by atoms with E-state index in [0.717, 1.165) is 21.6 Å². The van der Waals surface area contributed by atoms with Crippen molar-refractivity contribution in [3.05, 3.63) is 33.4 Å². The number of methoxy groups -OCH3 is 1. The summed E-state index contributed by atoms with van der Waals surface area (Å²) in [5, 5.41) is 3.23. The summed E-state index contributed by atoms with van der Waals surface area (Å²) < 4.78 is 6.24. The minimum atomic E-state index is 0.728. The Hall–Kier alpha value is -0.420. The van der Waals surface area contributed by atoms with Gasteiger partial charge >= 0.3 is 0 Å². The standard InChI is InChI=1S/C10H11ClINO/c1-14-8-3-4-10(9(12)7-8)13-6-2-5-11/h2-5,7,13H,6H2,1H3/b5-2+. The van der Waals surface area contributed by atoms with Crippen LogP contribution in [0.1, 0.15) is 0 Å². The molecule has 0 aliphatic rings. The summed E-state index contributed by atoms with van der Waals surface area (Å²) in [4.78, 5) is 0. The third kappa shape index (κ3) is 3.38. The monoisotopic (exact) mass is 323 g/mol. The van der Waals surface area contributed by atoms with Crippen molar-refractivity contribution < 1.29 is 4.74 Å². The Balaban J connectivity index is 2.68. The van der Waals surface area contributed by atoms with E-state index in [0.29, 0.717) is 0 Å². The van der Waals surface area contributed by atoms with Crippen LogP contribution in [-0.2, 0) is 0 Å². The molecule has 14 heavy (non-hydrogen) atoms. The van der Waals surface area contributed by atoms with Gasteiger partial charge in [0.1, 0.15) is 5.75 Å². The van der Waals surface area contributed by atoms with Gasteiger partial charge in [0, 0.05) is 21.3 Å². The minimum Gasteiger partial charge on any atom is -0.497 e. The van der Waals surface area contributed by atoms with Crippen molar-refractivity contribution in [2.45, 2.75) is 0 Å². The first-order valence-corrected chi connectivity index (χ1v) is 5.62. The van der Waals surface area contributed by atoms with Crippen LogP contribution >= 0.6 is 34.2 Å². The van der Waals surface area contributed by atoms with Crippen molar-refractivity contribution >= 4 is 39.9 Å². The fourth-order valence-corrected chi connectivity index (χ4v) is 1.75. The molecular weight excluding hydrogens is 312 g/mol. The highest BCUT2D eigenvalue weighted by atomic mass is 127. The van der Waals surface area contributed by atoms with Crippen molar-refractivity contribution in [1.82, 2.24) is 0 Å². The lowest BCUT2D eigenvalue weighted by molar-refractivity contribution is 0.414. The summed E-state index contributed by atoms with van der Waals surface area (Å²) in [5.41, 5.74) is 2.59. The molecule has 1 aromatic rings. The molecule has 0 aliphatic carbocycles. The lowest BCUT2D eigenvalue weighted by atomic mass is 10.3. The van der Waals surface area contributed by atoms with E-state index >= 15 is 0 Å². The van der Waals surface area contributed by atoms with Crippen molar-refractivity contribution in [2.75, 3.05) is 19.0 Å². The number of benzene rings is 1. The van der Waals surface area contributed by atoms with Crippen LogP contribution in [0.15, 0.2) is 29.8 Å². The lowest BCUT2D eigenvalue weighted by Crippen LogP contribution is -1.99. The fourth-order valence-electron chi connectivity index (χ4n) is 0.980. The molecule has 0 unspecified atom stereocenters. The molecule has 1 rings (SSSR count). The first-order valence-electron chi connectivity index (χ1n) is 4.10. The Morgan fingerprint density at radius 2 is 2.36 bits per heavy atom. The molecule has 1 N–H and O–H groups in total. The Morgan fingerprint density at radius 3 is 2.93 bits per heavy atom. The third-order valence-electron chi connectivity index (χ3n) is 1.68. The van der Waals surface area contributed by atoms with E-state index in [1.165, 1.54) is 5.54 Å². The van der Waals surface area contributed by atoms with E-state index in [-0.39, 0.29) is 0 Å². The van der Waals surface area contributed by atoms with Crippen molar-refractivity contribution in [3.8, 4) is 5.75 Å². The van der Waals surface area contributed by atoms with E-state index in [4.69, 9.17) is 16.3 Å². The number of nitrogens with one attached hydrogen (secondary N) is 1. The predicted octanol–water partition coefficient (Wildman–Crippen LogP) is 3.46. The second-order valence-electron chi connectivity index (χ2n) is 2.59. The van der Waals surface area contributed by atoms with Crippen LogP contribution in [0.3, 0.4) is 0 Å². The Kier molecular flexibility index (Phi) is 5.11. The van der Waals surface area contributed by atoms with Gasteiger partial charge in [-0.3, -0.25) is 0 Å². The molecule has 1 aromatic carbocycles. The highest BCUT2D eigenvalue weighted by Gasteiger charge is 1.99. The average molecular weight is 324 g/mol. The smallest absolute Gasteiger partial charge is 0.120 e. The van der Waals surface area contributed by atoms with E-state index < -0.39 is 0 Å². The molecule has 0 saturated carbocycles. The molecular formula is C10H11ClINO. The van der Waals surface area contributed by atoms with Crippen LogP contribution in [0.4, 0.5) is 5.69 Å². The van der Waals surface area contributed by atoms with Gasteiger partial charge in [0.25, 0.3) is 0 Å². The topological polar surface area (TPSA) is 21.3 Å². The summed E-state index contributed by atoms with van der Waals surface area (Å²) in [6, 6.07) is 5.89. The molecule has 4 heteroatoms. The summed E-state index contributed by atoms with van der Waals surface area (Å²) in [7, 11) is 1.66. The number of ether oxygens (including phenoxy) is 1. The first-order chi connectivity index (χ1) is 6.77. The first kappa shape index (κ1) is 11.7. The van der Waals surface area contributed by atoms with Gasteiger partial charge in [-0.2, -0.15) is 0 Å². The van der Waals surface area contributed by atoms with Crippen molar-refractivity contribution in [3.63, 3.8) is 0 Å². The molecule has 0 saturated heterocycles. The van der Waals surface area contributed by atoms with Gasteiger partial charge in [0.05, 0.1) is 7.11 Å². The second-order valence-corrected chi connectivity index (χ2v) is 4.00. The Bertz CT molecular complexity index is 328. The molecule has 0 atom stereocenters. The maximum absolute atomic E-state index is 5.41. The van der Waals surface area contributed by atoms with E-state index in [1.807, 2.05) is 24.3 Å². The van der Waals surface area contributed by atoms with Crippen LogP contribution in [0.5, 0.6) is 5.75 Å². The number of halogens is 2.